The van der Waals surface area contributed by atoms with Crippen LogP contribution in [-0.2, 0) is 11.3 Å². The summed E-state index contributed by atoms with van der Waals surface area (Å²) in [5, 5.41) is 6.84. The van der Waals surface area contributed by atoms with E-state index in [9.17, 15) is 4.79 Å². The highest BCUT2D eigenvalue weighted by Gasteiger charge is 2.69. The van der Waals surface area contributed by atoms with Crippen molar-refractivity contribution in [2.75, 3.05) is 0 Å². The van der Waals surface area contributed by atoms with Gasteiger partial charge in [-0.25, -0.2) is 0 Å². The quantitative estimate of drug-likeness (QED) is 0.870. The normalized spacial score (nSPS) is 34.5. The molecule has 0 saturated heterocycles. The van der Waals surface area contributed by atoms with E-state index in [4.69, 9.17) is 4.52 Å². The summed E-state index contributed by atoms with van der Waals surface area (Å²) >= 11 is 3.62. The number of nitrogens with zero attached hydrogens (tertiary/aromatic N) is 1. The Bertz CT molecular complexity index is 459. The first kappa shape index (κ1) is 11.3. The Morgan fingerprint density at radius 2 is 2.59 bits per heavy atom. The Morgan fingerprint density at radius 3 is 3.18 bits per heavy atom. The van der Waals surface area contributed by atoms with Gasteiger partial charge in [-0.2, -0.15) is 0 Å². The number of alkyl halides is 1. The van der Waals surface area contributed by atoms with E-state index in [2.05, 4.69) is 26.4 Å². The van der Waals surface area contributed by atoms with Gasteiger partial charge in [0.15, 0.2) is 0 Å². The van der Waals surface area contributed by atoms with Crippen LogP contribution in [0.1, 0.15) is 30.7 Å². The Balaban J connectivity index is 1.61. The Hall–Kier alpha value is -0.840. The third-order valence-corrected chi connectivity index (χ3v) is 5.49. The van der Waals surface area contributed by atoms with Gasteiger partial charge in [-0.15, -0.1) is 0 Å². The molecule has 1 N–H and O–H groups in total. The van der Waals surface area contributed by atoms with Gasteiger partial charge in [0.1, 0.15) is 11.5 Å². The lowest BCUT2D eigenvalue weighted by atomic mass is 10.0. The lowest BCUT2D eigenvalue weighted by Crippen LogP contribution is -2.33. The number of hydrogen-bond acceptors (Lipinski definition) is 3. The van der Waals surface area contributed by atoms with Crippen LogP contribution in [-0.4, -0.2) is 15.9 Å². The monoisotopic (exact) mass is 298 g/mol. The second-order valence-corrected chi connectivity index (χ2v) is 6.04. The number of rotatable bonds is 3. The standard InChI is InChI=1S/C12H15BrN2O2/c1-7-5-8(15-17-7)6-14-11(16)12-4-2-3-9(12)10(12)13/h5,9-10H,2-4,6H2,1H3,(H,14,16)/t9-,10-,12+/m0/s1. The highest BCUT2D eigenvalue weighted by atomic mass is 79.9. The molecule has 92 valence electrons. The molecule has 2 aliphatic rings. The molecule has 5 heteroatoms. The summed E-state index contributed by atoms with van der Waals surface area (Å²) in [4.78, 5) is 12.6. The molecule has 1 aromatic heterocycles. The van der Waals surface area contributed by atoms with Crippen molar-refractivity contribution in [2.24, 2.45) is 11.3 Å². The molecule has 4 nitrogen and oxygen atoms in total. The topological polar surface area (TPSA) is 55.1 Å². The van der Waals surface area contributed by atoms with Gasteiger partial charge in [0, 0.05) is 10.9 Å². The van der Waals surface area contributed by atoms with Crippen LogP contribution in [0.4, 0.5) is 0 Å². The van der Waals surface area contributed by atoms with Crippen LogP contribution in [0, 0.1) is 18.3 Å². The number of aryl methyl sites for hydroxylation is 1. The molecule has 1 aromatic rings. The molecular formula is C12H15BrN2O2. The maximum atomic E-state index is 12.2. The lowest BCUT2D eigenvalue weighted by molar-refractivity contribution is -0.126. The van der Waals surface area contributed by atoms with Gasteiger partial charge < -0.3 is 9.84 Å². The number of hydrogen-bond donors (Lipinski definition) is 1. The van der Waals surface area contributed by atoms with E-state index >= 15 is 0 Å². The molecule has 0 aliphatic heterocycles. The van der Waals surface area contributed by atoms with Crippen LogP contribution in [0.3, 0.4) is 0 Å². The molecule has 1 amide bonds. The predicted octanol–water partition coefficient (Wildman–Crippen LogP) is 2.16. The van der Waals surface area contributed by atoms with E-state index in [0.717, 1.165) is 17.9 Å². The van der Waals surface area contributed by atoms with Crippen molar-refractivity contribution < 1.29 is 9.32 Å². The molecule has 0 aromatic carbocycles. The minimum Gasteiger partial charge on any atom is -0.361 e. The van der Waals surface area contributed by atoms with Gasteiger partial charge in [0.2, 0.25) is 5.91 Å². The van der Waals surface area contributed by atoms with Crippen LogP contribution in [0.2, 0.25) is 0 Å². The van der Waals surface area contributed by atoms with Crippen molar-refractivity contribution in [3.8, 4) is 0 Å². The maximum absolute atomic E-state index is 12.2. The minimum absolute atomic E-state index is 0.126. The average Bonchev–Trinajstić information content (AvgIpc) is 2.76. The van der Waals surface area contributed by atoms with Gasteiger partial charge in [0.05, 0.1) is 12.0 Å². The SMILES string of the molecule is Cc1cc(CNC(=O)[C@]23CCC[C@H]2[C@@H]3Br)no1. The fraction of sp³-hybridized carbons (Fsp3) is 0.667. The highest BCUT2D eigenvalue weighted by Crippen LogP contribution is 2.67. The van der Waals surface area contributed by atoms with E-state index in [1.807, 2.05) is 13.0 Å². The Morgan fingerprint density at radius 1 is 1.76 bits per heavy atom. The fourth-order valence-electron chi connectivity index (χ4n) is 3.05. The van der Waals surface area contributed by atoms with Crippen molar-refractivity contribution in [3.63, 3.8) is 0 Å². The number of amides is 1. The first-order chi connectivity index (χ1) is 8.14. The van der Waals surface area contributed by atoms with Gasteiger partial charge in [-0.3, -0.25) is 4.79 Å². The van der Waals surface area contributed by atoms with Gasteiger partial charge in [-0.05, 0) is 25.7 Å². The molecule has 17 heavy (non-hydrogen) atoms. The molecule has 0 unspecified atom stereocenters. The van der Waals surface area contributed by atoms with Crippen molar-refractivity contribution in [3.05, 3.63) is 17.5 Å². The van der Waals surface area contributed by atoms with Crippen LogP contribution in [0.5, 0.6) is 0 Å². The number of carbonyl (C=O) groups is 1. The van der Waals surface area contributed by atoms with E-state index < -0.39 is 0 Å². The molecule has 3 rings (SSSR count). The molecule has 0 radical (unpaired) electrons. The second-order valence-electron chi connectivity index (χ2n) is 5.05. The smallest absolute Gasteiger partial charge is 0.228 e. The van der Waals surface area contributed by atoms with Crippen LogP contribution in [0.15, 0.2) is 10.6 Å². The molecule has 2 saturated carbocycles. The molecule has 0 spiro atoms. The number of halogens is 1. The number of fused-ring (bicyclic) bond motifs is 1. The van der Waals surface area contributed by atoms with Crippen molar-refractivity contribution in [1.82, 2.24) is 10.5 Å². The van der Waals surface area contributed by atoms with Crippen LogP contribution >= 0.6 is 15.9 Å². The van der Waals surface area contributed by atoms with Gasteiger partial charge in [-0.1, -0.05) is 27.5 Å². The molecule has 3 atom stereocenters. The number of carbonyl (C=O) groups excluding carboxylic acids is 1. The number of aromatic nitrogens is 1. The molecule has 2 aliphatic carbocycles. The first-order valence-electron chi connectivity index (χ1n) is 5.99. The summed E-state index contributed by atoms with van der Waals surface area (Å²) in [7, 11) is 0. The maximum Gasteiger partial charge on any atom is 0.228 e. The van der Waals surface area contributed by atoms with Crippen molar-refractivity contribution in [2.45, 2.75) is 37.6 Å². The summed E-state index contributed by atoms with van der Waals surface area (Å²) in [6, 6.07) is 1.85. The van der Waals surface area contributed by atoms with E-state index in [1.54, 1.807) is 0 Å². The third kappa shape index (κ3) is 1.63. The molecular weight excluding hydrogens is 284 g/mol. The zero-order valence-electron chi connectivity index (χ0n) is 9.70. The zero-order valence-corrected chi connectivity index (χ0v) is 11.3. The number of nitrogens with one attached hydrogen (secondary N) is 1. The summed E-state index contributed by atoms with van der Waals surface area (Å²) in [6.45, 7) is 2.31. The summed E-state index contributed by atoms with van der Waals surface area (Å²) in [5.41, 5.74) is 0.660. The largest absolute Gasteiger partial charge is 0.361 e. The van der Waals surface area contributed by atoms with E-state index in [0.29, 0.717) is 17.3 Å². The van der Waals surface area contributed by atoms with Crippen LogP contribution in [0.25, 0.3) is 0 Å². The molecule has 1 heterocycles. The van der Waals surface area contributed by atoms with Gasteiger partial charge >= 0.3 is 0 Å². The third-order valence-electron chi connectivity index (χ3n) is 4.03. The zero-order chi connectivity index (χ0) is 12.0. The van der Waals surface area contributed by atoms with Gasteiger partial charge in [0.25, 0.3) is 0 Å². The second kappa shape index (κ2) is 3.83. The fourth-order valence-corrected chi connectivity index (χ4v) is 4.41. The molecule has 2 fully saturated rings. The van der Waals surface area contributed by atoms with E-state index in [1.165, 1.54) is 12.8 Å². The summed E-state index contributed by atoms with van der Waals surface area (Å²) in [5.74, 6) is 1.49. The molecule has 0 bridgehead atoms. The Labute approximate surface area is 108 Å². The van der Waals surface area contributed by atoms with Crippen molar-refractivity contribution >= 4 is 21.8 Å². The van der Waals surface area contributed by atoms with E-state index in [-0.39, 0.29) is 11.3 Å². The Kier molecular flexibility index (Phi) is 2.54. The van der Waals surface area contributed by atoms with Crippen LogP contribution < -0.4 is 5.32 Å². The summed E-state index contributed by atoms with van der Waals surface area (Å²) < 4.78 is 4.97. The lowest BCUT2D eigenvalue weighted by Gasteiger charge is -2.12. The minimum atomic E-state index is -0.126. The average molecular weight is 299 g/mol. The van der Waals surface area contributed by atoms with Crippen molar-refractivity contribution in [1.29, 1.82) is 0 Å². The highest BCUT2D eigenvalue weighted by molar-refractivity contribution is 9.09. The predicted molar refractivity (Wildman–Crippen MR) is 65.6 cm³/mol. The summed E-state index contributed by atoms with van der Waals surface area (Å²) in [6.07, 6.45) is 3.35. The first-order valence-corrected chi connectivity index (χ1v) is 6.91.